The van der Waals surface area contributed by atoms with Gasteiger partial charge in [-0.05, 0) is 35.6 Å². The summed E-state index contributed by atoms with van der Waals surface area (Å²) < 4.78 is 0. The Bertz CT molecular complexity index is 648. The third kappa shape index (κ3) is 4.12. The van der Waals surface area contributed by atoms with E-state index in [2.05, 4.69) is 66.9 Å². The van der Waals surface area contributed by atoms with Gasteiger partial charge in [0.2, 0.25) is 0 Å². The van der Waals surface area contributed by atoms with Crippen LogP contribution in [0.4, 0.5) is 0 Å². The molecule has 2 atom stereocenters. The zero-order valence-corrected chi connectivity index (χ0v) is 15.5. The maximum atomic E-state index is 4.74. The van der Waals surface area contributed by atoms with E-state index in [-0.39, 0.29) is 24.0 Å². The van der Waals surface area contributed by atoms with Crippen molar-refractivity contribution in [2.75, 3.05) is 6.54 Å². The maximum absolute atomic E-state index is 4.74. The molecule has 1 fully saturated rings. The van der Waals surface area contributed by atoms with Crippen molar-refractivity contribution >= 4 is 40.7 Å². The molecule has 0 aliphatic heterocycles. The molecular weight excluding hydrogens is 385 g/mol. The summed E-state index contributed by atoms with van der Waals surface area (Å²) in [5.41, 5.74) is 1.27. The molecule has 1 aliphatic carbocycles. The Balaban J connectivity index is 0.00000176. The lowest BCUT2D eigenvalue weighted by Crippen LogP contribution is -2.39. The van der Waals surface area contributed by atoms with Crippen LogP contribution in [0.3, 0.4) is 0 Å². The quantitative estimate of drug-likeness (QED) is 0.456. The predicted octanol–water partition coefficient (Wildman–Crippen LogP) is 3.92. The number of hydrogen-bond donors (Lipinski definition) is 2. The van der Waals surface area contributed by atoms with Gasteiger partial charge < -0.3 is 10.6 Å². The van der Waals surface area contributed by atoms with Crippen LogP contribution in [0, 0.1) is 5.92 Å². The van der Waals surface area contributed by atoms with Crippen molar-refractivity contribution in [3.8, 4) is 0 Å². The fraction of sp³-hybridized carbons (Fsp3) is 0.389. The van der Waals surface area contributed by atoms with Gasteiger partial charge in [-0.15, -0.1) is 24.0 Å². The molecule has 3 nitrogen and oxygen atoms in total. The Labute approximate surface area is 149 Å². The van der Waals surface area contributed by atoms with Gasteiger partial charge in [0, 0.05) is 12.6 Å². The molecule has 4 heteroatoms. The molecule has 2 aromatic carbocycles. The van der Waals surface area contributed by atoms with Crippen molar-refractivity contribution < 1.29 is 0 Å². The topological polar surface area (TPSA) is 36.4 Å². The molecule has 1 aliphatic rings. The molecule has 0 amide bonds. The van der Waals surface area contributed by atoms with Crippen molar-refractivity contribution in [3.63, 3.8) is 0 Å². The predicted molar refractivity (Wildman–Crippen MR) is 105 cm³/mol. The van der Waals surface area contributed by atoms with E-state index in [1.807, 2.05) is 0 Å². The molecule has 1 saturated carbocycles. The minimum Gasteiger partial charge on any atom is -0.357 e. The highest BCUT2D eigenvalue weighted by Gasteiger charge is 2.33. The third-order valence-corrected chi connectivity index (χ3v) is 4.06. The summed E-state index contributed by atoms with van der Waals surface area (Å²) in [4.78, 5) is 4.74. The molecular formula is C18H24IN3. The molecule has 2 aromatic rings. The zero-order chi connectivity index (χ0) is 14.7. The lowest BCUT2D eigenvalue weighted by molar-refractivity contribution is 0.767. The van der Waals surface area contributed by atoms with Crippen LogP contribution in [0.5, 0.6) is 0 Å². The van der Waals surface area contributed by atoms with Crippen LogP contribution < -0.4 is 10.6 Å². The van der Waals surface area contributed by atoms with Crippen molar-refractivity contribution in [3.05, 3.63) is 48.0 Å². The van der Waals surface area contributed by atoms with E-state index >= 15 is 0 Å². The van der Waals surface area contributed by atoms with Gasteiger partial charge in [0.1, 0.15) is 0 Å². The number of benzene rings is 2. The van der Waals surface area contributed by atoms with Gasteiger partial charge in [-0.1, -0.05) is 49.4 Å². The lowest BCUT2D eigenvalue weighted by Gasteiger charge is -2.11. The van der Waals surface area contributed by atoms with E-state index in [4.69, 9.17) is 4.99 Å². The van der Waals surface area contributed by atoms with Crippen LogP contribution in [-0.4, -0.2) is 18.5 Å². The van der Waals surface area contributed by atoms with Crippen LogP contribution >= 0.6 is 24.0 Å². The monoisotopic (exact) mass is 409 g/mol. The molecule has 0 bridgehead atoms. The van der Waals surface area contributed by atoms with Gasteiger partial charge in [-0.2, -0.15) is 0 Å². The summed E-state index contributed by atoms with van der Waals surface area (Å²) in [6.45, 7) is 5.97. The highest BCUT2D eigenvalue weighted by molar-refractivity contribution is 14.0. The number of aliphatic imine (C=N–C) groups is 1. The molecule has 3 rings (SSSR count). The number of fused-ring (bicyclic) bond motifs is 1. The Kier molecular flexibility index (Phi) is 6.06. The number of nitrogens with one attached hydrogen (secondary N) is 2. The molecule has 2 N–H and O–H groups in total. The first kappa shape index (κ1) is 17.1. The first-order valence-electron chi connectivity index (χ1n) is 7.79. The zero-order valence-electron chi connectivity index (χ0n) is 13.2. The molecule has 2 unspecified atom stereocenters. The first-order valence-corrected chi connectivity index (χ1v) is 7.79. The summed E-state index contributed by atoms with van der Waals surface area (Å²) in [7, 11) is 0. The molecule has 22 heavy (non-hydrogen) atoms. The smallest absolute Gasteiger partial charge is 0.191 e. The summed E-state index contributed by atoms with van der Waals surface area (Å²) in [6, 6.07) is 15.5. The van der Waals surface area contributed by atoms with E-state index in [0.29, 0.717) is 12.6 Å². The van der Waals surface area contributed by atoms with Crippen molar-refractivity contribution in [2.45, 2.75) is 32.9 Å². The molecule has 0 spiro atoms. The second-order valence-electron chi connectivity index (χ2n) is 5.80. The van der Waals surface area contributed by atoms with E-state index in [1.54, 1.807) is 0 Å². The van der Waals surface area contributed by atoms with Crippen LogP contribution in [0.2, 0.25) is 0 Å². The standard InChI is InChI=1S/C18H23N3.HI/c1-3-19-18(21-17-11-13(17)2)20-12-15-9-6-8-14-7-4-5-10-16(14)15;/h4-10,13,17H,3,11-12H2,1-2H3,(H2,19,20,21);1H. The molecule has 0 heterocycles. The minimum absolute atomic E-state index is 0. The summed E-state index contributed by atoms with van der Waals surface area (Å²) in [5, 5.41) is 9.40. The van der Waals surface area contributed by atoms with Crippen molar-refractivity contribution in [2.24, 2.45) is 10.9 Å². The average molecular weight is 409 g/mol. The van der Waals surface area contributed by atoms with Crippen LogP contribution in [0.1, 0.15) is 25.8 Å². The maximum Gasteiger partial charge on any atom is 0.191 e. The molecule has 118 valence electrons. The first-order chi connectivity index (χ1) is 10.3. The van der Waals surface area contributed by atoms with Crippen molar-refractivity contribution in [1.82, 2.24) is 10.6 Å². The normalized spacial score (nSPS) is 20.4. The number of rotatable bonds is 4. The van der Waals surface area contributed by atoms with Gasteiger partial charge >= 0.3 is 0 Å². The number of halogens is 1. The fourth-order valence-corrected chi connectivity index (χ4v) is 2.61. The van der Waals surface area contributed by atoms with Crippen LogP contribution in [-0.2, 0) is 6.54 Å². The third-order valence-electron chi connectivity index (χ3n) is 4.06. The Hall–Kier alpha value is -1.30. The van der Waals surface area contributed by atoms with E-state index in [1.165, 1.54) is 22.8 Å². The average Bonchev–Trinajstić information content (AvgIpc) is 3.20. The minimum atomic E-state index is 0. The number of nitrogens with zero attached hydrogens (tertiary/aromatic N) is 1. The highest BCUT2D eigenvalue weighted by Crippen LogP contribution is 2.28. The van der Waals surface area contributed by atoms with E-state index in [9.17, 15) is 0 Å². The molecule has 0 saturated heterocycles. The largest absolute Gasteiger partial charge is 0.357 e. The van der Waals surface area contributed by atoms with Gasteiger partial charge in [-0.25, -0.2) is 4.99 Å². The summed E-state index contributed by atoms with van der Waals surface area (Å²) in [6.07, 6.45) is 1.25. The Morgan fingerprint density at radius 3 is 2.64 bits per heavy atom. The van der Waals surface area contributed by atoms with Gasteiger partial charge in [0.15, 0.2) is 5.96 Å². The van der Waals surface area contributed by atoms with E-state index in [0.717, 1.165) is 18.4 Å². The highest BCUT2D eigenvalue weighted by atomic mass is 127. The fourth-order valence-electron chi connectivity index (χ4n) is 2.61. The van der Waals surface area contributed by atoms with Crippen LogP contribution in [0.25, 0.3) is 10.8 Å². The summed E-state index contributed by atoms with van der Waals surface area (Å²) >= 11 is 0. The van der Waals surface area contributed by atoms with Crippen LogP contribution in [0.15, 0.2) is 47.5 Å². The Morgan fingerprint density at radius 1 is 1.18 bits per heavy atom. The lowest BCUT2D eigenvalue weighted by atomic mass is 10.1. The number of hydrogen-bond acceptors (Lipinski definition) is 1. The second-order valence-corrected chi connectivity index (χ2v) is 5.80. The van der Waals surface area contributed by atoms with Gasteiger partial charge in [-0.3, -0.25) is 0 Å². The van der Waals surface area contributed by atoms with Crippen molar-refractivity contribution in [1.29, 1.82) is 0 Å². The molecule has 0 radical (unpaired) electrons. The van der Waals surface area contributed by atoms with Gasteiger partial charge in [0.05, 0.1) is 6.54 Å². The number of guanidine groups is 1. The second kappa shape index (κ2) is 7.81. The molecule has 0 aromatic heterocycles. The van der Waals surface area contributed by atoms with E-state index < -0.39 is 0 Å². The summed E-state index contributed by atoms with van der Waals surface area (Å²) in [5.74, 6) is 1.70. The van der Waals surface area contributed by atoms with Gasteiger partial charge in [0.25, 0.3) is 0 Å². The SMILES string of the molecule is CCNC(=NCc1cccc2ccccc12)NC1CC1C.I. The Morgan fingerprint density at radius 2 is 1.91 bits per heavy atom.